The van der Waals surface area contributed by atoms with Crippen molar-refractivity contribution in [3.8, 4) is 0 Å². The first-order chi connectivity index (χ1) is 9.66. The highest BCUT2D eigenvalue weighted by molar-refractivity contribution is 7.87. The molecule has 0 saturated heterocycles. The summed E-state index contributed by atoms with van der Waals surface area (Å²) in [6.45, 7) is 0.483. The van der Waals surface area contributed by atoms with Gasteiger partial charge >= 0.3 is 0 Å². The maximum absolute atomic E-state index is 11.9. The summed E-state index contributed by atoms with van der Waals surface area (Å²) in [4.78, 5) is 0. The van der Waals surface area contributed by atoms with Crippen LogP contribution in [0, 0.1) is 0 Å². The number of hydrogen-bond donors (Lipinski definition) is 2. The molecule has 1 aliphatic rings. The molecule has 1 aliphatic carbocycles. The minimum atomic E-state index is -3.34. The van der Waals surface area contributed by atoms with Crippen molar-refractivity contribution in [3.63, 3.8) is 0 Å². The molecule has 5 heteroatoms. The van der Waals surface area contributed by atoms with Crippen molar-refractivity contribution in [2.75, 3.05) is 6.54 Å². The van der Waals surface area contributed by atoms with Gasteiger partial charge in [-0.1, -0.05) is 49.6 Å². The zero-order chi connectivity index (χ0) is 14.3. The average Bonchev–Trinajstić information content (AvgIpc) is 2.45. The molecule has 1 saturated carbocycles. The molecule has 0 aliphatic heterocycles. The third-order valence-corrected chi connectivity index (χ3v) is 4.93. The first-order valence-corrected chi connectivity index (χ1v) is 8.95. The Morgan fingerprint density at radius 3 is 2.45 bits per heavy atom. The largest absolute Gasteiger partial charge is 0.277 e. The summed E-state index contributed by atoms with van der Waals surface area (Å²) in [7, 11) is -3.34. The average molecular weight is 296 g/mol. The Labute approximate surface area is 122 Å². The quantitative estimate of drug-likeness (QED) is 0.759. The van der Waals surface area contributed by atoms with Crippen LogP contribution < -0.4 is 9.44 Å². The van der Waals surface area contributed by atoms with Crippen LogP contribution in [0.2, 0.25) is 0 Å². The molecular weight excluding hydrogens is 272 g/mol. The van der Waals surface area contributed by atoms with Gasteiger partial charge in [-0.2, -0.15) is 13.1 Å². The monoisotopic (exact) mass is 296 g/mol. The molecule has 2 rings (SSSR count). The van der Waals surface area contributed by atoms with Gasteiger partial charge in [-0.3, -0.25) is 0 Å². The van der Waals surface area contributed by atoms with Gasteiger partial charge in [0.2, 0.25) is 0 Å². The van der Waals surface area contributed by atoms with Crippen LogP contribution in [0.15, 0.2) is 30.3 Å². The smallest absolute Gasteiger partial charge is 0.202 e. The molecule has 0 radical (unpaired) electrons. The Morgan fingerprint density at radius 1 is 1.05 bits per heavy atom. The molecule has 4 nitrogen and oxygen atoms in total. The van der Waals surface area contributed by atoms with Gasteiger partial charge < -0.3 is 0 Å². The summed E-state index contributed by atoms with van der Waals surface area (Å²) in [6, 6.07) is 10.2. The van der Waals surface area contributed by atoms with Gasteiger partial charge in [0.1, 0.15) is 0 Å². The fourth-order valence-corrected chi connectivity index (χ4v) is 3.80. The maximum Gasteiger partial charge on any atom is 0.277 e. The Kier molecular flexibility index (Phi) is 6.01. The Hall–Kier alpha value is -0.910. The van der Waals surface area contributed by atoms with Gasteiger partial charge in [-0.15, -0.1) is 0 Å². The summed E-state index contributed by atoms with van der Waals surface area (Å²) in [5.41, 5.74) is 1.24. The molecule has 0 heterocycles. The number of benzene rings is 1. The van der Waals surface area contributed by atoms with Crippen LogP contribution in [-0.2, 0) is 16.6 Å². The van der Waals surface area contributed by atoms with E-state index in [1.807, 2.05) is 18.2 Å². The molecule has 0 aromatic heterocycles. The lowest BCUT2D eigenvalue weighted by Crippen LogP contribution is -2.43. The minimum Gasteiger partial charge on any atom is -0.202 e. The minimum absolute atomic E-state index is 0.121. The van der Waals surface area contributed by atoms with E-state index in [0.29, 0.717) is 6.54 Å². The SMILES string of the molecule is O=S(=O)(NCCCc1ccccc1)NC1CCCCC1. The number of rotatable bonds is 7. The van der Waals surface area contributed by atoms with Crippen molar-refractivity contribution in [2.45, 2.75) is 51.0 Å². The van der Waals surface area contributed by atoms with Gasteiger partial charge in [0.25, 0.3) is 10.2 Å². The van der Waals surface area contributed by atoms with Crippen LogP contribution in [0.1, 0.15) is 44.1 Å². The standard InChI is InChI=1S/C15H24N2O2S/c18-20(19,17-15-11-5-2-6-12-15)16-13-7-10-14-8-3-1-4-9-14/h1,3-4,8-9,15-17H,2,5-7,10-13H2. The first-order valence-electron chi connectivity index (χ1n) is 7.46. The normalized spacial score (nSPS) is 17.2. The third-order valence-electron chi connectivity index (χ3n) is 3.70. The van der Waals surface area contributed by atoms with Crippen molar-refractivity contribution < 1.29 is 8.42 Å². The van der Waals surface area contributed by atoms with Crippen LogP contribution in [0.3, 0.4) is 0 Å². The van der Waals surface area contributed by atoms with Crippen molar-refractivity contribution in [1.82, 2.24) is 9.44 Å². The second kappa shape index (κ2) is 7.76. The summed E-state index contributed by atoms with van der Waals surface area (Å²) in [5, 5.41) is 0. The van der Waals surface area contributed by atoms with E-state index in [2.05, 4.69) is 21.6 Å². The zero-order valence-electron chi connectivity index (χ0n) is 11.8. The Morgan fingerprint density at radius 2 is 1.75 bits per heavy atom. The number of nitrogens with one attached hydrogen (secondary N) is 2. The van der Waals surface area contributed by atoms with E-state index in [9.17, 15) is 8.42 Å². The number of aryl methyl sites for hydroxylation is 1. The molecule has 1 aromatic rings. The van der Waals surface area contributed by atoms with Gasteiger partial charge in [0.05, 0.1) is 0 Å². The first kappa shape index (κ1) is 15.5. The van der Waals surface area contributed by atoms with Crippen molar-refractivity contribution in [3.05, 3.63) is 35.9 Å². The van der Waals surface area contributed by atoms with Gasteiger partial charge in [0.15, 0.2) is 0 Å². The molecule has 20 heavy (non-hydrogen) atoms. The lowest BCUT2D eigenvalue weighted by atomic mass is 9.96. The van der Waals surface area contributed by atoms with Crippen LogP contribution in [0.4, 0.5) is 0 Å². The van der Waals surface area contributed by atoms with Gasteiger partial charge in [-0.25, -0.2) is 4.72 Å². The van der Waals surface area contributed by atoms with Crippen molar-refractivity contribution in [1.29, 1.82) is 0 Å². The predicted molar refractivity (Wildman–Crippen MR) is 81.7 cm³/mol. The summed E-state index contributed by atoms with van der Waals surface area (Å²) >= 11 is 0. The third kappa shape index (κ3) is 5.61. The van der Waals surface area contributed by atoms with Gasteiger partial charge in [-0.05, 0) is 31.2 Å². The van der Waals surface area contributed by atoms with E-state index in [0.717, 1.165) is 38.5 Å². The van der Waals surface area contributed by atoms with Crippen LogP contribution in [0.25, 0.3) is 0 Å². The fourth-order valence-electron chi connectivity index (χ4n) is 2.63. The second-order valence-electron chi connectivity index (χ2n) is 5.44. The van der Waals surface area contributed by atoms with Crippen molar-refractivity contribution >= 4 is 10.2 Å². The number of hydrogen-bond acceptors (Lipinski definition) is 2. The summed E-state index contributed by atoms with van der Waals surface area (Å²) in [5.74, 6) is 0. The summed E-state index contributed by atoms with van der Waals surface area (Å²) in [6.07, 6.45) is 7.11. The molecule has 2 N–H and O–H groups in total. The van der Waals surface area contributed by atoms with Crippen LogP contribution in [0.5, 0.6) is 0 Å². The fraction of sp³-hybridized carbons (Fsp3) is 0.600. The lowest BCUT2D eigenvalue weighted by molar-refractivity contribution is 0.410. The molecule has 0 bridgehead atoms. The highest BCUT2D eigenvalue weighted by Gasteiger charge is 2.19. The predicted octanol–water partition coefficient (Wildman–Crippen LogP) is 2.38. The highest BCUT2D eigenvalue weighted by Crippen LogP contribution is 2.17. The summed E-state index contributed by atoms with van der Waals surface area (Å²) < 4.78 is 29.2. The molecule has 1 aromatic carbocycles. The van der Waals surface area contributed by atoms with Gasteiger partial charge in [0, 0.05) is 12.6 Å². The van der Waals surface area contributed by atoms with E-state index >= 15 is 0 Å². The van der Waals surface area contributed by atoms with Crippen LogP contribution in [-0.4, -0.2) is 21.0 Å². The Balaban J connectivity index is 1.67. The lowest BCUT2D eigenvalue weighted by Gasteiger charge is -2.22. The molecule has 0 unspecified atom stereocenters. The topological polar surface area (TPSA) is 58.2 Å². The molecule has 112 valence electrons. The Bertz CT molecular complexity index is 482. The van der Waals surface area contributed by atoms with Crippen LogP contribution >= 0.6 is 0 Å². The van der Waals surface area contributed by atoms with Crippen molar-refractivity contribution in [2.24, 2.45) is 0 Å². The van der Waals surface area contributed by atoms with E-state index in [1.54, 1.807) is 0 Å². The molecule has 0 amide bonds. The van der Waals surface area contributed by atoms with E-state index in [4.69, 9.17) is 0 Å². The zero-order valence-corrected chi connectivity index (χ0v) is 12.7. The molecule has 0 atom stereocenters. The maximum atomic E-state index is 11.9. The highest BCUT2D eigenvalue weighted by atomic mass is 32.2. The van der Waals surface area contributed by atoms with E-state index < -0.39 is 10.2 Å². The second-order valence-corrected chi connectivity index (χ2v) is 6.97. The molecular formula is C15H24N2O2S. The molecule has 0 spiro atoms. The van der Waals surface area contributed by atoms with E-state index in [1.165, 1.54) is 12.0 Å². The van der Waals surface area contributed by atoms with E-state index in [-0.39, 0.29) is 6.04 Å². The molecule has 1 fully saturated rings.